The molecule has 1 N–H and O–H groups in total. The number of hydrogen-bond donors (Lipinski definition) is 1. The van der Waals surface area contributed by atoms with Gasteiger partial charge in [0.05, 0.1) is 5.54 Å². The number of hydrogen-bond acceptors (Lipinski definition) is 2. The Morgan fingerprint density at radius 3 is 2.52 bits per heavy atom. The van der Waals surface area contributed by atoms with E-state index in [4.69, 9.17) is 0 Å². The van der Waals surface area contributed by atoms with E-state index in [9.17, 15) is 0 Å². The van der Waals surface area contributed by atoms with Crippen LogP contribution >= 0.6 is 0 Å². The van der Waals surface area contributed by atoms with Crippen LogP contribution in [-0.4, -0.2) is 30.6 Å². The monoisotopic (exact) mass is 284 g/mol. The molecule has 2 aliphatic carbocycles. The Morgan fingerprint density at radius 2 is 1.90 bits per heavy atom. The first-order chi connectivity index (χ1) is 10.3. The van der Waals surface area contributed by atoms with Gasteiger partial charge in [0, 0.05) is 25.7 Å². The van der Waals surface area contributed by atoms with Crippen LogP contribution in [0.15, 0.2) is 30.3 Å². The van der Waals surface area contributed by atoms with E-state index in [1.54, 1.807) is 0 Å². The Hall–Kier alpha value is -0.860. The van der Waals surface area contributed by atoms with Crippen molar-refractivity contribution in [3.05, 3.63) is 35.9 Å². The molecule has 0 spiro atoms. The van der Waals surface area contributed by atoms with E-state index < -0.39 is 0 Å². The smallest absolute Gasteiger partial charge is 0.0558 e. The average molecular weight is 284 g/mol. The van der Waals surface area contributed by atoms with E-state index in [0.29, 0.717) is 0 Å². The van der Waals surface area contributed by atoms with Gasteiger partial charge in [-0.25, -0.2) is 0 Å². The number of nitrogens with zero attached hydrogens (tertiary/aromatic N) is 1. The summed E-state index contributed by atoms with van der Waals surface area (Å²) in [5.41, 5.74) is 1.65. The molecular formula is C19H28N2. The molecule has 2 atom stereocenters. The van der Waals surface area contributed by atoms with Gasteiger partial charge in [0.15, 0.2) is 0 Å². The fraction of sp³-hybridized carbons (Fsp3) is 0.684. The Morgan fingerprint density at radius 1 is 1.14 bits per heavy atom. The van der Waals surface area contributed by atoms with Crippen LogP contribution in [0.2, 0.25) is 0 Å². The second-order valence-corrected chi connectivity index (χ2v) is 7.67. The molecule has 3 aliphatic rings. The van der Waals surface area contributed by atoms with Crippen LogP contribution in [0.1, 0.15) is 44.6 Å². The van der Waals surface area contributed by atoms with E-state index in [2.05, 4.69) is 47.5 Å². The zero-order valence-electron chi connectivity index (χ0n) is 13.2. The lowest BCUT2D eigenvalue weighted by molar-refractivity contribution is 0.0186. The topological polar surface area (TPSA) is 15.3 Å². The predicted octanol–water partition coefficient (Wildman–Crippen LogP) is 3.39. The van der Waals surface area contributed by atoms with Crippen LogP contribution in [0.4, 0.5) is 0 Å². The molecule has 0 aromatic heterocycles. The molecule has 0 bridgehead atoms. The first-order valence-electron chi connectivity index (χ1n) is 8.80. The number of rotatable bonds is 4. The summed E-state index contributed by atoms with van der Waals surface area (Å²) in [6.07, 6.45) is 7.23. The third-order valence-corrected chi connectivity index (χ3v) is 6.11. The van der Waals surface area contributed by atoms with Crippen LogP contribution in [-0.2, 0) is 5.54 Å². The summed E-state index contributed by atoms with van der Waals surface area (Å²) < 4.78 is 0. The molecule has 2 heteroatoms. The van der Waals surface area contributed by atoms with Crippen LogP contribution in [0, 0.1) is 11.8 Å². The Kier molecular flexibility index (Phi) is 3.55. The van der Waals surface area contributed by atoms with E-state index in [1.165, 1.54) is 50.8 Å². The SMILES string of the molecule is CC1(c2ccccc2)CNC(C2CC2)CN1CC1CCC1. The normalized spacial score (nSPS) is 34.6. The molecule has 0 amide bonds. The molecule has 2 saturated carbocycles. The van der Waals surface area contributed by atoms with Crippen LogP contribution in [0.3, 0.4) is 0 Å². The highest BCUT2D eigenvalue weighted by Gasteiger charge is 2.44. The summed E-state index contributed by atoms with van der Waals surface area (Å²) in [6.45, 7) is 6.09. The fourth-order valence-corrected chi connectivity index (χ4v) is 4.10. The highest BCUT2D eigenvalue weighted by molar-refractivity contribution is 5.26. The zero-order valence-corrected chi connectivity index (χ0v) is 13.2. The van der Waals surface area contributed by atoms with Crippen LogP contribution in [0.5, 0.6) is 0 Å². The van der Waals surface area contributed by atoms with Gasteiger partial charge in [0.2, 0.25) is 0 Å². The lowest BCUT2D eigenvalue weighted by atomic mass is 9.81. The van der Waals surface area contributed by atoms with Crippen molar-refractivity contribution in [3.8, 4) is 0 Å². The summed E-state index contributed by atoms with van der Waals surface area (Å²) in [6, 6.07) is 11.9. The van der Waals surface area contributed by atoms with Crippen molar-refractivity contribution in [1.82, 2.24) is 10.2 Å². The number of nitrogens with one attached hydrogen (secondary N) is 1. The van der Waals surface area contributed by atoms with Crippen LogP contribution in [0.25, 0.3) is 0 Å². The van der Waals surface area contributed by atoms with E-state index >= 15 is 0 Å². The summed E-state index contributed by atoms with van der Waals surface area (Å²) in [4.78, 5) is 2.81. The predicted molar refractivity (Wildman–Crippen MR) is 87.2 cm³/mol. The molecule has 1 heterocycles. The summed E-state index contributed by atoms with van der Waals surface area (Å²) in [5, 5.41) is 3.87. The Labute approximate surface area is 128 Å². The van der Waals surface area contributed by atoms with Crippen LogP contribution < -0.4 is 5.32 Å². The van der Waals surface area contributed by atoms with Crippen molar-refractivity contribution >= 4 is 0 Å². The molecule has 21 heavy (non-hydrogen) atoms. The quantitative estimate of drug-likeness (QED) is 0.912. The third-order valence-electron chi connectivity index (χ3n) is 6.11. The lowest BCUT2D eigenvalue weighted by Crippen LogP contribution is -2.63. The highest BCUT2D eigenvalue weighted by atomic mass is 15.3. The van der Waals surface area contributed by atoms with Crippen molar-refractivity contribution in [3.63, 3.8) is 0 Å². The van der Waals surface area contributed by atoms with E-state index in [0.717, 1.165) is 24.4 Å². The van der Waals surface area contributed by atoms with Gasteiger partial charge in [0.1, 0.15) is 0 Å². The molecule has 114 valence electrons. The summed E-state index contributed by atoms with van der Waals surface area (Å²) in [5.74, 6) is 1.90. The molecule has 1 aromatic carbocycles. The first kappa shape index (κ1) is 13.8. The Balaban J connectivity index is 1.57. The minimum Gasteiger partial charge on any atom is -0.310 e. The van der Waals surface area contributed by atoms with Crippen molar-refractivity contribution in [2.45, 2.75) is 50.6 Å². The van der Waals surface area contributed by atoms with Gasteiger partial charge in [-0.05, 0) is 50.0 Å². The van der Waals surface area contributed by atoms with Crippen molar-refractivity contribution in [2.75, 3.05) is 19.6 Å². The van der Waals surface area contributed by atoms with Gasteiger partial charge in [-0.1, -0.05) is 36.8 Å². The average Bonchev–Trinajstić information content (AvgIpc) is 3.30. The molecule has 1 saturated heterocycles. The van der Waals surface area contributed by atoms with Crippen molar-refractivity contribution in [2.24, 2.45) is 11.8 Å². The second kappa shape index (κ2) is 5.40. The molecule has 4 rings (SSSR count). The molecule has 1 aliphatic heterocycles. The van der Waals surface area contributed by atoms with Gasteiger partial charge in [-0.15, -0.1) is 0 Å². The van der Waals surface area contributed by atoms with Crippen molar-refractivity contribution < 1.29 is 0 Å². The van der Waals surface area contributed by atoms with Gasteiger partial charge in [-0.2, -0.15) is 0 Å². The molecule has 1 aromatic rings. The van der Waals surface area contributed by atoms with Gasteiger partial charge >= 0.3 is 0 Å². The molecule has 2 nitrogen and oxygen atoms in total. The van der Waals surface area contributed by atoms with E-state index in [1.807, 2.05) is 0 Å². The first-order valence-corrected chi connectivity index (χ1v) is 8.80. The largest absolute Gasteiger partial charge is 0.310 e. The second-order valence-electron chi connectivity index (χ2n) is 7.67. The van der Waals surface area contributed by atoms with E-state index in [-0.39, 0.29) is 5.54 Å². The summed E-state index contributed by atoms with van der Waals surface area (Å²) >= 11 is 0. The maximum atomic E-state index is 3.87. The molecule has 3 fully saturated rings. The van der Waals surface area contributed by atoms with Gasteiger partial charge in [0.25, 0.3) is 0 Å². The fourth-order valence-electron chi connectivity index (χ4n) is 4.10. The molecular weight excluding hydrogens is 256 g/mol. The standard InChI is InChI=1S/C19H28N2/c1-19(17-8-3-2-4-9-17)14-20-18(16-10-11-16)13-21(19)12-15-6-5-7-15/h2-4,8-9,15-16,18,20H,5-7,10-14H2,1H3. The minimum atomic E-state index is 0.169. The molecule has 0 radical (unpaired) electrons. The third kappa shape index (κ3) is 2.64. The van der Waals surface area contributed by atoms with Gasteiger partial charge < -0.3 is 5.32 Å². The lowest BCUT2D eigenvalue weighted by Gasteiger charge is -2.50. The van der Waals surface area contributed by atoms with Gasteiger partial charge in [-0.3, -0.25) is 4.90 Å². The minimum absolute atomic E-state index is 0.169. The summed E-state index contributed by atoms with van der Waals surface area (Å²) in [7, 11) is 0. The molecule has 2 unspecified atom stereocenters. The maximum absolute atomic E-state index is 3.87. The number of benzene rings is 1. The van der Waals surface area contributed by atoms with Crippen molar-refractivity contribution in [1.29, 1.82) is 0 Å². The zero-order chi connectivity index (χ0) is 14.3. The highest BCUT2D eigenvalue weighted by Crippen LogP contribution is 2.40. The Bertz CT molecular complexity index is 478. The maximum Gasteiger partial charge on any atom is 0.0558 e. The number of piperazine rings is 1.